The molecule has 0 spiro atoms. The molecule has 0 radical (unpaired) electrons. The quantitative estimate of drug-likeness (QED) is 0.796. The predicted octanol–water partition coefficient (Wildman–Crippen LogP) is 2.74. The van der Waals surface area contributed by atoms with Crippen molar-refractivity contribution in [1.82, 2.24) is 4.90 Å². The monoisotopic (exact) mass is 315 g/mol. The minimum absolute atomic E-state index is 0.0426. The largest absolute Gasteiger partial charge is 0.453 e. The molecular weight excluding hydrogens is 286 g/mol. The highest BCUT2D eigenvalue weighted by atomic mass is 28.4. The average molecular weight is 315 g/mol. The Morgan fingerprint density at radius 1 is 1.24 bits per heavy atom. The zero-order valence-corrected chi connectivity index (χ0v) is 15.0. The van der Waals surface area contributed by atoms with Crippen LogP contribution in [0.5, 0.6) is 0 Å². The Balaban J connectivity index is 2.08. The molecular formula is C15H29NO4Si. The van der Waals surface area contributed by atoms with Gasteiger partial charge in [0.15, 0.2) is 8.32 Å². The fraction of sp³-hybridized carbons (Fsp3) is 0.933. The molecule has 21 heavy (non-hydrogen) atoms. The summed E-state index contributed by atoms with van der Waals surface area (Å²) in [6.07, 6.45) is 1.50. The molecule has 1 N–H and O–H groups in total. The number of hydrogen-bond donors (Lipinski definition) is 1. The molecule has 122 valence electrons. The molecule has 0 aliphatic carbocycles. The number of fused-ring (bicyclic) bond motifs is 2. The van der Waals surface area contributed by atoms with Crippen molar-refractivity contribution in [3.8, 4) is 0 Å². The number of methoxy groups -OCH3 is 1. The topological polar surface area (TPSA) is 59.0 Å². The van der Waals surface area contributed by atoms with E-state index >= 15 is 0 Å². The second-order valence-corrected chi connectivity index (χ2v) is 12.6. The summed E-state index contributed by atoms with van der Waals surface area (Å²) in [5.41, 5.74) is 0. The summed E-state index contributed by atoms with van der Waals surface area (Å²) in [5, 5.41) is 10.4. The Labute approximate surface area is 128 Å². The van der Waals surface area contributed by atoms with Crippen molar-refractivity contribution in [3.05, 3.63) is 0 Å². The number of piperidine rings is 1. The van der Waals surface area contributed by atoms with Crippen LogP contribution in [-0.2, 0) is 9.16 Å². The number of amides is 1. The van der Waals surface area contributed by atoms with Gasteiger partial charge in [0.25, 0.3) is 0 Å². The van der Waals surface area contributed by atoms with Crippen LogP contribution in [0.4, 0.5) is 4.79 Å². The van der Waals surface area contributed by atoms with E-state index in [9.17, 15) is 9.90 Å². The van der Waals surface area contributed by atoms with Crippen LogP contribution in [0.25, 0.3) is 0 Å². The molecule has 0 aromatic carbocycles. The highest BCUT2D eigenvalue weighted by Gasteiger charge is 2.51. The van der Waals surface area contributed by atoms with Crippen molar-refractivity contribution in [2.45, 2.75) is 82.5 Å². The van der Waals surface area contributed by atoms with Crippen LogP contribution in [-0.4, -0.2) is 55.8 Å². The van der Waals surface area contributed by atoms with Gasteiger partial charge >= 0.3 is 6.09 Å². The van der Waals surface area contributed by atoms with Crippen LogP contribution in [0.3, 0.4) is 0 Å². The standard InChI is InChI=1S/C15H29NO4Si/c1-15(2,3)21(5,6)20-11-7-10-8-13(17)12(9-11)16(10)14(18)19-4/h10-13,17H,7-9H2,1-6H3/t10-,11-,12+,13-/m0/s1. The highest BCUT2D eigenvalue weighted by molar-refractivity contribution is 6.74. The summed E-state index contributed by atoms with van der Waals surface area (Å²) >= 11 is 0. The van der Waals surface area contributed by atoms with Crippen LogP contribution in [0.2, 0.25) is 18.1 Å². The normalized spacial score (nSPS) is 33.2. The van der Waals surface area contributed by atoms with Crippen LogP contribution < -0.4 is 0 Å². The average Bonchev–Trinajstić information content (AvgIpc) is 2.54. The van der Waals surface area contributed by atoms with Crippen molar-refractivity contribution in [1.29, 1.82) is 0 Å². The molecule has 0 aromatic heterocycles. The van der Waals surface area contributed by atoms with Gasteiger partial charge in [-0.25, -0.2) is 4.79 Å². The lowest BCUT2D eigenvalue weighted by Crippen LogP contribution is -2.53. The predicted molar refractivity (Wildman–Crippen MR) is 83.7 cm³/mol. The first-order valence-electron chi connectivity index (χ1n) is 7.79. The van der Waals surface area contributed by atoms with Crippen LogP contribution >= 0.6 is 0 Å². The Bertz CT molecular complexity index is 407. The Morgan fingerprint density at radius 3 is 2.33 bits per heavy atom. The van der Waals surface area contributed by atoms with Crippen molar-refractivity contribution >= 4 is 14.4 Å². The van der Waals surface area contributed by atoms with Crippen molar-refractivity contribution < 1.29 is 19.1 Å². The molecule has 2 aliphatic rings. The molecule has 6 heteroatoms. The summed E-state index contributed by atoms with van der Waals surface area (Å²) in [6, 6.07) is -0.119. The number of rotatable bonds is 2. The first kappa shape index (κ1) is 16.8. The smallest absolute Gasteiger partial charge is 0.410 e. The van der Waals surface area contributed by atoms with Gasteiger partial charge in [-0.1, -0.05) is 20.8 Å². The van der Waals surface area contributed by atoms with E-state index in [4.69, 9.17) is 9.16 Å². The van der Waals surface area contributed by atoms with Gasteiger partial charge in [0.1, 0.15) is 0 Å². The molecule has 2 saturated heterocycles. The van der Waals surface area contributed by atoms with Crippen molar-refractivity contribution in [2.75, 3.05) is 7.11 Å². The second-order valence-electron chi connectivity index (χ2n) is 7.87. The maximum Gasteiger partial charge on any atom is 0.410 e. The maximum absolute atomic E-state index is 11.9. The number of nitrogens with zero attached hydrogens (tertiary/aromatic N) is 1. The molecule has 0 unspecified atom stereocenters. The van der Waals surface area contributed by atoms with E-state index in [0.29, 0.717) is 12.8 Å². The zero-order valence-electron chi connectivity index (χ0n) is 14.0. The van der Waals surface area contributed by atoms with Crippen LogP contribution in [0.15, 0.2) is 0 Å². The highest BCUT2D eigenvalue weighted by Crippen LogP contribution is 2.42. The molecule has 2 fully saturated rings. The molecule has 2 heterocycles. The molecule has 0 saturated carbocycles. The Kier molecular flexibility index (Phi) is 4.44. The number of aliphatic hydroxyl groups excluding tert-OH is 1. The van der Waals surface area contributed by atoms with E-state index in [-0.39, 0.29) is 29.3 Å². The van der Waals surface area contributed by atoms with E-state index in [0.717, 1.165) is 6.42 Å². The minimum Gasteiger partial charge on any atom is -0.453 e. The van der Waals surface area contributed by atoms with Gasteiger partial charge in [-0.3, -0.25) is 4.90 Å². The first-order chi connectivity index (χ1) is 9.56. The van der Waals surface area contributed by atoms with Gasteiger partial charge in [0.05, 0.1) is 19.3 Å². The lowest BCUT2D eigenvalue weighted by Gasteiger charge is -2.44. The van der Waals surface area contributed by atoms with E-state index in [2.05, 4.69) is 33.9 Å². The van der Waals surface area contributed by atoms with Crippen molar-refractivity contribution in [3.63, 3.8) is 0 Å². The number of hydrogen-bond acceptors (Lipinski definition) is 4. The number of carbonyl (C=O) groups is 1. The Hall–Kier alpha value is -0.593. The van der Waals surface area contributed by atoms with Gasteiger partial charge in [0.2, 0.25) is 0 Å². The molecule has 0 aromatic rings. The van der Waals surface area contributed by atoms with Gasteiger partial charge in [-0.15, -0.1) is 0 Å². The summed E-state index contributed by atoms with van der Waals surface area (Å²) in [6.45, 7) is 11.2. The molecule has 5 nitrogen and oxygen atoms in total. The van der Waals surface area contributed by atoms with E-state index in [1.54, 1.807) is 4.90 Å². The van der Waals surface area contributed by atoms with Gasteiger partial charge in [-0.05, 0) is 37.4 Å². The van der Waals surface area contributed by atoms with Gasteiger partial charge in [0, 0.05) is 12.1 Å². The SMILES string of the molecule is COC(=O)N1[C@H]2C[C@H](O[Si](C)(C)C(C)(C)C)C[C@@H]1[C@@H](O)C2. The Morgan fingerprint density at radius 2 is 1.86 bits per heavy atom. The van der Waals surface area contributed by atoms with Gasteiger partial charge < -0.3 is 14.3 Å². The summed E-state index contributed by atoms with van der Waals surface area (Å²) in [7, 11) is -0.424. The summed E-state index contributed by atoms with van der Waals surface area (Å²) in [4.78, 5) is 13.6. The van der Waals surface area contributed by atoms with Crippen LogP contribution in [0.1, 0.15) is 40.0 Å². The van der Waals surface area contributed by atoms with E-state index in [1.807, 2.05) is 0 Å². The molecule has 2 rings (SSSR count). The summed E-state index contributed by atoms with van der Waals surface area (Å²) < 4.78 is 11.3. The number of carbonyl (C=O) groups excluding carboxylic acids is 1. The van der Waals surface area contributed by atoms with Crippen molar-refractivity contribution in [2.24, 2.45) is 0 Å². The third-order valence-electron chi connectivity index (χ3n) is 5.40. The zero-order chi connectivity index (χ0) is 16.0. The van der Waals surface area contributed by atoms with E-state index in [1.165, 1.54) is 7.11 Å². The lowest BCUT2D eigenvalue weighted by molar-refractivity contribution is 0.0187. The molecule has 2 aliphatic heterocycles. The molecule has 1 amide bonds. The molecule has 2 bridgehead atoms. The van der Waals surface area contributed by atoms with E-state index < -0.39 is 14.4 Å². The summed E-state index contributed by atoms with van der Waals surface area (Å²) in [5.74, 6) is 0. The number of ether oxygens (including phenoxy) is 1. The third kappa shape index (κ3) is 3.12. The maximum atomic E-state index is 11.9. The third-order valence-corrected chi connectivity index (χ3v) is 9.94. The fourth-order valence-corrected chi connectivity index (χ4v) is 4.61. The minimum atomic E-state index is -1.82. The fourth-order valence-electron chi connectivity index (χ4n) is 3.23. The lowest BCUT2D eigenvalue weighted by atomic mass is 10.0. The molecule has 4 atom stereocenters. The number of aliphatic hydroxyl groups is 1. The second kappa shape index (κ2) is 5.55. The first-order valence-corrected chi connectivity index (χ1v) is 10.7. The van der Waals surface area contributed by atoms with Gasteiger partial charge in [-0.2, -0.15) is 0 Å². The van der Waals surface area contributed by atoms with Crippen LogP contribution in [0, 0.1) is 0 Å².